The quantitative estimate of drug-likeness (QED) is 0.741. The summed E-state index contributed by atoms with van der Waals surface area (Å²) in [7, 11) is 2.17. The lowest BCUT2D eigenvalue weighted by atomic mass is 10.0. The SMILES string of the molecule is Cn1cc(CC2[C@H]3CCCC[C@@H]23)c2ccccc21. The molecule has 0 spiro atoms. The first kappa shape index (κ1) is 10.7. The zero-order chi connectivity index (χ0) is 12.1. The van der Waals surface area contributed by atoms with E-state index < -0.39 is 0 Å². The smallest absolute Gasteiger partial charge is 0.0480 e. The molecule has 94 valence electrons. The third kappa shape index (κ3) is 1.53. The minimum atomic E-state index is 0.998. The molecule has 2 aromatic rings. The molecule has 2 saturated carbocycles. The number of nitrogens with zero attached hydrogens (tertiary/aromatic N) is 1. The van der Waals surface area contributed by atoms with Gasteiger partial charge in [0.25, 0.3) is 0 Å². The standard InChI is InChI=1S/C17H21N/c1-18-11-12(13-6-4-5-9-17(13)18)10-16-14-7-2-3-8-15(14)16/h4-6,9,11,14-16H,2-3,7-8,10H2,1H3/t14-,15+,16?. The second-order valence-electron chi connectivity index (χ2n) is 6.26. The molecule has 0 N–H and O–H groups in total. The molecule has 1 aromatic carbocycles. The molecule has 2 aliphatic carbocycles. The molecule has 2 aliphatic rings. The largest absolute Gasteiger partial charge is 0.350 e. The van der Waals surface area contributed by atoms with Gasteiger partial charge in [0.1, 0.15) is 0 Å². The Balaban J connectivity index is 1.64. The summed E-state index contributed by atoms with van der Waals surface area (Å²) in [5.41, 5.74) is 2.96. The summed E-state index contributed by atoms with van der Waals surface area (Å²) in [6, 6.07) is 8.84. The third-order valence-electron chi connectivity index (χ3n) is 5.27. The number of fused-ring (bicyclic) bond motifs is 2. The van der Waals surface area contributed by atoms with Gasteiger partial charge in [-0.3, -0.25) is 0 Å². The Kier molecular flexibility index (Phi) is 2.30. The van der Waals surface area contributed by atoms with Crippen LogP contribution in [0.2, 0.25) is 0 Å². The van der Waals surface area contributed by atoms with Gasteiger partial charge in [-0.1, -0.05) is 31.0 Å². The Labute approximate surface area is 109 Å². The predicted molar refractivity (Wildman–Crippen MR) is 75.6 cm³/mol. The summed E-state index contributed by atoms with van der Waals surface area (Å²) < 4.78 is 2.29. The van der Waals surface area contributed by atoms with Gasteiger partial charge in [-0.25, -0.2) is 0 Å². The molecule has 0 saturated heterocycles. The lowest BCUT2D eigenvalue weighted by molar-refractivity contribution is 0.480. The molecule has 0 amide bonds. The van der Waals surface area contributed by atoms with Gasteiger partial charge in [-0.2, -0.15) is 0 Å². The van der Waals surface area contributed by atoms with Gasteiger partial charge < -0.3 is 4.57 Å². The van der Waals surface area contributed by atoms with Crippen LogP contribution in [0, 0.1) is 17.8 Å². The van der Waals surface area contributed by atoms with E-state index in [1.807, 2.05) is 0 Å². The van der Waals surface area contributed by atoms with E-state index in [9.17, 15) is 0 Å². The maximum absolute atomic E-state index is 2.36. The van der Waals surface area contributed by atoms with Gasteiger partial charge in [0.05, 0.1) is 0 Å². The summed E-state index contributed by atoms with van der Waals surface area (Å²) >= 11 is 0. The molecule has 1 unspecified atom stereocenters. The van der Waals surface area contributed by atoms with Crippen molar-refractivity contribution >= 4 is 10.9 Å². The highest BCUT2D eigenvalue weighted by Crippen LogP contribution is 2.56. The van der Waals surface area contributed by atoms with Crippen molar-refractivity contribution in [3.8, 4) is 0 Å². The van der Waals surface area contributed by atoms with Gasteiger partial charge in [0, 0.05) is 24.1 Å². The van der Waals surface area contributed by atoms with Crippen molar-refractivity contribution < 1.29 is 0 Å². The van der Waals surface area contributed by atoms with E-state index in [0.717, 1.165) is 17.8 Å². The molecule has 2 fully saturated rings. The van der Waals surface area contributed by atoms with E-state index in [1.54, 1.807) is 5.56 Å². The first-order valence-corrected chi connectivity index (χ1v) is 7.37. The zero-order valence-corrected chi connectivity index (χ0v) is 11.1. The van der Waals surface area contributed by atoms with Crippen LogP contribution in [-0.4, -0.2) is 4.57 Å². The molecule has 1 nitrogen and oxygen atoms in total. The third-order valence-corrected chi connectivity index (χ3v) is 5.27. The molecule has 4 rings (SSSR count). The van der Waals surface area contributed by atoms with Gasteiger partial charge >= 0.3 is 0 Å². The summed E-state index contributed by atoms with van der Waals surface area (Å²) in [6.07, 6.45) is 9.63. The van der Waals surface area contributed by atoms with Crippen molar-refractivity contribution in [2.45, 2.75) is 32.1 Å². The van der Waals surface area contributed by atoms with Crippen molar-refractivity contribution in [1.29, 1.82) is 0 Å². The van der Waals surface area contributed by atoms with Crippen molar-refractivity contribution in [3.63, 3.8) is 0 Å². The van der Waals surface area contributed by atoms with E-state index in [0.29, 0.717) is 0 Å². The highest BCUT2D eigenvalue weighted by Gasteiger charge is 2.49. The van der Waals surface area contributed by atoms with Gasteiger partial charge in [-0.15, -0.1) is 0 Å². The van der Waals surface area contributed by atoms with Gasteiger partial charge in [-0.05, 0) is 48.6 Å². The normalized spacial score (nSPS) is 30.4. The number of para-hydroxylation sites is 1. The molecule has 1 heteroatoms. The van der Waals surface area contributed by atoms with Crippen LogP contribution < -0.4 is 0 Å². The first-order valence-electron chi connectivity index (χ1n) is 7.37. The Bertz CT molecular complexity index is 568. The number of aromatic nitrogens is 1. The summed E-state index contributed by atoms with van der Waals surface area (Å²) in [4.78, 5) is 0. The number of aryl methyl sites for hydroxylation is 1. The van der Waals surface area contributed by atoms with Gasteiger partial charge in [0.2, 0.25) is 0 Å². The summed E-state index contributed by atoms with van der Waals surface area (Å²) in [5, 5.41) is 1.48. The summed E-state index contributed by atoms with van der Waals surface area (Å²) in [5.74, 6) is 3.13. The fourth-order valence-corrected chi connectivity index (χ4v) is 4.29. The molecule has 18 heavy (non-hydrogen) atoms. The molecule has 0 aliphatic heterocycles. The molecule has 0 radical (unpaired) electrons. The minimum absolute atomic E-state index is 0.998. The van der Waals surface area contributed by atoms with Crippen molar-refractivity contribution in [2.75, 3.05) is 0 Å². The van der Waals surface area contributed by atoms with E-state index in [1.165, 1.54) is 43.0 Å². The fourth-order valence-electron chi connectivity index (χ4n) is 4.29. The van der Waals surface area contributed by atoms with Crippen molar-refractivity contribution in [2.24, 2.45) is 24.8 Å². The highest BCUT2D eigenvalue weighted by atomic mass is 14.9. The average Bonchev–Trinajstić information content (AvgIpc) is 3.01. The molecule has 0 bridgehead atoms. The first-order chi connectivity index (χ1) is 8.84. The predicted octanol–water partition coefficient (Wildman–Crippen LogP) is 4.16. The topological polar surface area (TPSA) is 4.93 Å². The Hall–Kier alpha value is -1.24. The second kappa shape index (κ2) is 3.88. The Morgan fingerprint density at radius 3 is 2.61 bits per heavy atom. The van der Waals surface area contributed by atoms with Crippen molar-refractivity contribution in [3.05, 3.63) is 36.0 Å². The van der Waals surface area contributed by atoms with E-state index in [2.05, 4.69) is 42.1 Å². The monoisotopic (exact) mass is 239 g/mol. The van der Waals surface area contributed by atoms with Crippen LogP contribution in [0.25, 0.3) is 10.9 Å². The Morgan fingerprint density at radius 2 is 1.83 bits per heavy atom. The number of hydrogen-bond donors (Lipinski definition) is 0. The maximum atomic E-state index is 2.36. The minimum Gasteiger partial charge on any atom is -0.350 e. The van der Waals surface area contributed by atoms with E-state index in [-0.39, 0.29) is 0 Å². The lowest BCUT2D eigenvalue weighted by Gasteiger charge is -2.04. The lowest BCUT2D eigenvalue weighted by Crippen LogP contribution is -1.91. The van der Waals surface area contributed by atoms with Crippen LogP contribution in [0.15, 0.2) is 30.5 Å². The van der Waals surface area contributed by atoms with Crippen LogP contribution in [-0.2, 0) is 13.5 Å². The second-order valence-corrected chi connectivity index (χ2v) is 6.26. The average molecular weight is 239 g/mol. The van der Waals surface area contributed by atoms with Crippen molar-refractivity contribution in [1.82, 2.24) is 4.57 Å². The molecular weight excluding hydrogens is 218 g/mol. The number of hydrogen-bond acceptors (Lipinski definition) is 0. The molecule has 3 atom stereocenters. The van der Waals surface area contributed by atoms with Crippen LogP contribution in [0.5, 0.6) is 0 Å². The highest BCUT2D eigenvalue weighted by molar-refractivity contribution is 5.83. The summed E-state index contributed by atoms with van der Waals surface area (Å²) in [6.45, 7) is 0. The zero-order valence-electron chi connectivity index (χ0n) is 11.1. The number of benzene rings is 1. The van der Waals surface area contributed by atoms with Gasteiger partial charge in [0.15, 0.2) is 0 Å². The van der Waals surface area contributed by atoms with Crippen LogP contribution in [0.4, 0.5) is 0 Å². The van der Waals surface area contributed by atoms with E-state index >= 15 is 0 Å². The maximum Gasteiger partial charge on any atom is 0.0480 e. The van der Waals surface area contributed by atoms with Crippen LogP contribution >= 0.6 is 0 Å². The molecule has 1 aromatic heterocycles. The Morgan fingerprint density at radius 1 is 1.11 bits per heavy atom. The fraction of sp³-hybridized carbons (Fsp3) is 0.529. The number of rotatable bonds is 2. The van der Waals surface area contributed by atoms with Crippen LogP contribution in [0.1, 0.15) is 31.2 Å². The molecule has 1 heterocycles. The van der Waals surface area contributed by atoms with Crippen LogP contribution in [0.3, 0.4) is 0 Å². The molecular formula is C17H21N. The van der Waals surface area contributed by atoms with E-state index in [4.69, 9.17) is 0 Å².